The second kappa shape index (κ2) is 5.44. The standard InChI is InChI=1S/C12H12N10O/c23-11(19-12-16-6-17-20-12)8-2-21(3-8)9-1-10(15-5-14-9)22-7-13-4-18-22/h1,4-8H,2-3H2,(H2,16,17,19,20,23). The van der Waals surface area contributed by atoms with E-state index >= 15 is 0 Å². The van der Waals surface area contributed by atoms with Crippen molar-refractivity contribution in [3.8, 4) is 5.82 Å². The Morgan fingerprint density at radius 1 is 1.17 bits per heavy atom. The first kappa shape index (κ1) is 13.3. The molecule has 1 aliphatic heterocycles. The van der Waals surface area contributed by atoms with Crippen LogP contribution in [0.5, 0.6) is 0 Å². The van der Waals surface area contributed by atoms with Gasteiger partial charge < -0.3 is 4.90 Å². The van der Waals surface area contributed by atoms with Crippen molar-refractivity contribution in [3.05, 3.63) is 31.4 Å². The molecule has 3 aromatic rings. The van der Waals surface area contributed by atoms with Crippen LogP contribution in [-0.2, 0) is 4.79 Å². The van der Waals surface area contributed by atoms with Crippen LogP contribution in [0.3, 0.4) is 0 Å². The molecule has 4 rings (SSSR count). The molecule has 1 amide bonds. The molecule has 0 aromatic carbocycles. The van der Waals surface area contributed by atoms with E-state index in [2.05, 4.69) is 40.5 Å². The minimum atomic E-state index is -0.120. The van der Waals surface area contributed by atoms with Gasteiger partial charge >= 0.3 is 0 Å². The van der Waals surface area contributed by atoms with Crippen molar-refractivity contribution in [1.29, 1.82) is 0 Å². The molecule has 1 saturated heterocycles. The van der Waals surface area contributed by atoms with Crippen molar-refractivity contribution in [3.63, 3.8) is 0 Å². The number of amides is 1. The first-order valence-electron chi connectivity index (χ1n) is 6.88. The topological polar surface area (TPSA) is 130 Å². The summed E-state index contributed by atoms with van der Waals surface area (Å²) in [6.45, 7) is 1.15. The predicted molar refractivity (Wildman–Crippen MR) is 77.7 cm³/mol. The Morgan fingerprint density at radius 2 is 2.04 bits per heavy atom. The Bertz CT molecular complexity index is 793. The normalized spacial score (nSPS) is 14.5. The zero-order chi connectivity index (χ0) is 15.6. The van der Waals surface area contributed by atoms with Crippen LogP contribution in [0.2, 0.25) is 0 Å². The molecule has 0 unspecified atom stereocenters. The molecular formula is C12H12N10O. The maximum atomic E-state index is 12.0. The van der Waals surface area contributed by atoms with Gasteiger partial charge in [0.25, 0.3) is 0 Å². The predicted octanol–water partition coefficient (Wildman–Crippen LogP) is -0.750. The summed E-state index contributed by atoms with van der Waals surface area (Å²) in [6, 6.07) is 1.80. The van der Waals surface area contributed by atoms with Gasteiger partial charge in [0.2, 0.25) is 11.9 Å². The van der Waals surface area contributed by atoms with E-state index in [-0.39, 0.29) is 11.8 Å². The number of hydrogen-bond donors (Lipinski definition) is 2. The van der Waals surface area contributed by atoms with E-state index in [4.69, 9.17) is 0 Å². The number of aromatic nitrogens is 8. The van der Waals surface area contributed by atoms with Crippen LogP contribution < -0.4 is 10.2 Å². The fraction of sp³-hybridized carbons (Fsp3) is 0.250. The first-order valence-corrected chi connectivity index (χ1v) is 6.88. The van der Waals surface area contributed by atoms with Crippen molar-refractivity contribution >= 4 is 17.7 Å². The summed E-state index contributed by atoms with van der Waals surface area (Å²) in [7, 11) is 0. The van der Waals surface area contributed by atoms with Gasteiger partial charge in [0, 0.05) is 19.2 Å². The molecule has 4 heterocycles. The minimum absolute atomic E-state index is 0.0939. The molecule has 1 fully saturated rings. The van der Waals surface area contributed by atoms with Crippen molar-refractivity contribution in [1.82, 2.24) is 39.9 Å². The van der Waals surface area contributed by atoms with Crippen molar-refractivity contribution in [2.75, 3.05) is 23.3 Å². The number of anilines is 2. The Kier molecular flexibility index (Phi) is 3.15. The molecule has 0 radical (unpaired) electrons. The van der Waals surface area contributed by atoms with E-state index in [0.717, 1.165) is 5.82 Å². The second-order valence-corrected chi connectivity index (χ2v) is 5.00. The van der Waals surface area contributed by atoms with E-state index < -0.39 is 0 Å². The average molecular weight is 312 g/mol. The highest BCUT2D eigenvalue weighted by molar-refractivity contribution is 5.92. The summed E-state index contributed by atoms with van der Waals surface area (Å²) in [4.78, 5) is 30.2. The third-order valence-electron chi connectivity index (χ3n) is 3.52. The molecule has 0 aliphatic carbocycles. The van der Waals surface area contributed by atoms with E-state index in [0.29, 0.717) is 24.9 Å². The summed E-state index contributed by atoms with van der Waals surface area (Å²) in [5, 5.41) is 13.0. The van der Waals surface area contributed by atoms with Gasteiger partial charge in [-0.05, 0) is 0 Å². The molecule has 2 N–H and O–H groups in total. The lowest BCUT2D eigenvalue weighted by Gasteiger charge is -2.38. The highest BCUT2D eigenvalue weighted by Gasteiger charge is 2.34. The number of nitrogens with zero attached hydrogens (tertiary/aromatic N) is 8. The zero-order valence-electron chi connectivity index (χ0n) is 11.9. The first-order chi connectivity index (χ1) is 11.3. The quantitative estimate of drug-likeness (QED) is 0.643. The molecule has 11 nitrogen and oxygen atoms in total. The van der Waals surface area contributed by atoms with Crippen LogP contribution in [-0.4, -0.2) is 58.9 Å². The fourth-order valence-electron chi connectivity index (χ4n) is 2.28. The Hall–Kier alpha value is -3.37. The number of carbonyl (C=O) groups excluding carboxylic acids is 1. The van der Waals surface area contributed by atoms with Gasteiger partial charge in [-0.3, -0.25) is 10.1 Å². The maximum absolute atomic E-state index is 12.0. The second-order valence-electron chi connectivity index (χ2n) is 5.00. The third-order valence-corrected chi connectivity index (χ3v) is 3.52. The van der Waals surface area contributed by atoms with Gasteiger partial charge in [0.15, 0.2) is 5.82 Å². The lowest BCUT2D eigenvalue weighted by Crippen LogP contribution is -2.52. The maximum Gasteiger partial charge on any atom is 0.233 e. The Morgan fingerprint density at radius 3 is 2.78 bits per heavy atom. The Balaban J connectivity index is 1.40. The average Bonchev–Trinajstić information content (AvgIpc) is 3.19. The van der Waals surface area contributed by atoms with Crippen LogP contribution in [0, 0.1) is 5.92 Å². The van der Waals surface area contributed by atoms with Crippen LogP contribution in [0.15, 0.2) is 31.4 Å². The van der Waals surface area contributed by atoms with E-state index in [1.807, 2.05) is 4.90 Å². The van der Waals surface area contributed by atoms with Crippen LogP contribution in [0.25, 0.3) is 5.82 Å². The van der Waals surface area contributed by atoms with Crippen LogP contribution in [0.4, 0.5) is 11.8 Å². The molecule has 0 spiro atoms. The van der Waals surface area contributed by atoms with Crippen LogP contribution in [0.1, 0.15) is 0 Å². The summed E-state index contributed by atoms with van der Waals surface area (Å²) in [5.74, 6) is 1.51. The van der Waals surface area contributed by atoms with Gasteiger partial charge in [-0.2, -0.15) is 15.2 Å². The highest BCUT2D eigenvalue weighted by Crippen LogP contribution is 2.24. The lowest BCUT2D eigenvalue weighted by molar-refractivity contribution is -0.120. The fourth-order valence-corrected chi connectivity index (χ4v) is 2.28. The van der Waals surface area contributed by atoms with Crippen LogP contribution >= 0.6 is 0 Å². The molecule has 0 atom stereocenters. The van der Waals surface area contributed by atoms with E-state index in [1.54, 1.807) is 17.1 Å². The largest absolute Gasteiger partial charge is 0.355 e. The monoisotopic (exact) mass is 312 g/mol. The third kappa shape index (κ3) is 2.59. The number of H-pyrrole nitrogens is 1. The Labute approximate surface area is 129 Å². The molecule has 11 heteroatoms. The minimum Gasteiger partial charge on any atom is -0.355 e. The number of hydrogen-bond acceptors (Lipinski definition) is 8. The van der Waals surface area contributed by atoms with Gasteiger partial charge in [-0.15, -0.1) is 0 Å². The smallest absolute Gasteiger partial charge is 0.233 e. The lowest BCUT2D eigenvalue weighted by atomic mass is 9.99. The summed E-state index contributed by atoms with van der Waals surface area (Å²) < 4.78 is 1.55. The summed E-state index contributed by atoms with van der Waals surface area (Å²) in [6.07, 6.45) is 5.81. The molecule has 1 aliphatic rings. The van der Waals surface area contributed by atoms with E-state index in [9.17, 15) is 4.79 Å². The summed E-state index contributed by atoms with van der Waals surface area (Å²) in [5.41, 5.74) is 0. The van der Waals surface area contributed by atoms with Gasteiger partial charge in [0.1, 0.15) is 31.1 Å². The van der Waals surface area contributed by atoms with E-state index in [1.165, 1.54) is 19.0 Å². The number of aromatic amines is 1. The molecular weight excluding hydrogens is 300 g/mol. The molecule has 3 aromatic heterocycles. The molecule has 23 heavy (non-hydrogen) atoms. The van der Waals surface area contributed by atoms with Crippen molar-refractivity contribution in [2.24, 2.45) is 5.92 Å². The molecule has 116 valence electrons. The van der Waals surface area contributed by atoms with Gasteiger partial charge in [-0.25, -0.2) is 24.7 Å². The number of rotatable bonds is 4. The zero-order valence-corrected chi connectivity index (χ0v) is 11.9. The van der Waals surface area contributed by atoms with Gasteiger partial charge in [0.05, 0.1) is 5.92 Å². The van der Waals surface area contributed by atoms with Crippen molar-refractivity contribution in [2.45, 2.75) is 0 Å². The number of nitrogens with one attached hydrogen (secondary N) is 2. The molecule has 0 saturated carbocycles. The van der Waals surface area contributed by atoms with Crippen molar-refractivity contribution < 1.29 is 4.79 Å². The number of carbonyl (C=O) groups is 1. The van der Waals surface area contributed by atoms with Gasteiger partial charge in [-0.1, -0.05) is 0 Å². The summed E-state index contributed by atoms with van der Waals surface area (Å²) >= 11 is 0. The molecule has 0 bridgehead atoms. The highest BCUT2D eigenvalue weighted by atomic mass is 16.2. The SMILES string of the molecule is O=C(Nc1ncn[nH]1)C1CN(c2cc(-n3cncn3)ncn2)C1.